The van der Waals surface area contributed by atoms with Crippen LogP contribution in [0.15, 0.2) is 5.16 Å². The molecule has 0 aliphatic heterocycles. The van der Waals surface area contributed by atoms with Gasteiger partial charge in [0.15, 0.2) is 5.78 Å². The molecule has 1 aliphatic rings. The van der Waals surface area contributed by atoms with Crippen molar-refractivity contribution in [2.24, 2.45) is 10.6 Å². The second-order valence-corrected chi connectivity index (χ2v) is 4.62. The number of alkyl halides is 1. The number of carbonyl (C=O) groups is 1. The Bertz CT molecular complexity index is 231. The molecule has 0 saturated heterocycles. The lowest BCUT2D eigenvalue weighted by Crippen LogP contribution is -2.29. The lowest BCUT2D eigenvalue weighted by atomic mass is 9.94. The summed E-state index contributed by atoms with van der Waals surface area (Å²) in [6.45, 7) is 3.49. The van der Waals surface area contributed by atoms with E-state index in [-0.39, 0.29) is 10.6 Å². The summed E-state index contributed by atoms with van der Waals surface area (Å²) in [4.78, 5) is 11.4. The van der Waals surface area contributed by atoms with Crippen molar-refractivity contribution in [1.82, 2.24) is 0 Å². The number of ketones is 1. The van der Waals surface area contributed by atoms with Gasteiger partial charge in [0.05, 0.1) is 16.0 Å². The molecule has 1 saturated carbocycles. The lowest BCUT2D eigenvalue weighted by Gasteiger charge is -2.13. The number of nitrogens with zero attached hydrogens (tertiary/aromatic N) is 1. The van der Waals surface area contributed by atoms with Gasteiger partial charge < -0.3 is 5.21 Å². The van der Waals surface area contributed by atoms with Crippen LogP contribution in [0.5, 0.6) is 0 Å². The second-order valence-electron chi connectivity index (χ2n) is 3.25. The van der Waals surface area contributed by atoms with Gasteiger partial charge in [0.25, 0.3) is 0 Å². The summed E-state index contributed by atoms with van der Waals surface area (Å²) in [5.41, 5.74) is 0.0938. The van der Waals surface area contributed by atoms with Gasteiger partial charge in [-0.05, 0) is 26.7 Å². The predicted octanol–water partition coefficient (Wildman–Crippen LogP) is 1.97. The average Bonchev–Trinajstić information content (AvgIpc) is 2.82. The third-order valence-electron chi connectivity index (χ3n) is 2.43. The Morgan fingerprint density at radius 1 is 1.67 bits per heavy atom. The van der Waals surface area contributed by atoms with E-state index in [1.807, 2.05) is 0 Å². The first kappa shape index (κ1) is 9.71. The molecular formula is C8H12BrNO2. The molecule has 1 fully saturated rings. The molecule has 0 aromatic rings. The van der Waals surface area contributed by atoms with Gasteiger partial charge >= 0.3 is 0 Å². The average molecular weight is 234 g/mol. The fourth-order valence-electron chi connectivity index (χ4n) is 1.39. The lowest BCUT2D eigenvalue weighted by molar-refractivity contribution is -0.121. The molecule has 1 rings (SSSR count). The van der Waals surface area contributed by atoms with Gasteiger partial charge in [-0.15, -0.1) is 0 Å². The molecule has 0 spiro atoms. The molecule has 3 nitrogen and oxygen atoms in total. The van der Waals surface area contributed by atoms with Crippen LogP contribution in [-0.2, 0) is 4.79 Å². The van der Waals surface area contributed by atoms with E-state index in [2.05, 4.69) is 21.1 Å². The van der Waals surface area contributed by atoms with Crippen LogP contribution in [0.25, 0.3) is 0 Å². The third-order valence-corrected chi connectivity index (χ3v) is 2.84. The van der Waals surface area contributed by atoms with E-state index in [0.717, 1.165) is 12.8 Å². The van der Waals surface area contributed by atoms with E-state index in [4.69, 9.17) is 5.21 Å². The van der Waals surface area contributed by atoms with E-state index in [9.17, 15) is 4.79 Å². The van der Waals surface area contributed by atoms with Crippen LogP contribution >= 0.6 is 15.9 Å². The Hall–Kier alpha value is -0.380. The van der Waals surface area contributed by atoms with E-state index in [0.29, 0.717) is 5.71 Å². The van der Waals surface area contributed by atoms with E-state index in [1.54, 1.807) is 13.8 Å². The molecule has 0 radical (unpaired) electrons. The van der Waals surface area contributed by atoms with Crippen molar-refractivity contribution >= 4 is 27.4 Å². The first-order valence-corrected chi connectivity index (χ1v) is 4.83. The third kappa shape index (κ3) is 1.40. The minimum Gasteiger partial charge on any atom is -0.411 e. The van der Waals surface area contributed by atoms with Crippen molar-refractivity contribution in [3.8, 4) is 0 Å². The van der Waals surface area contributed by atoms with Gasteiger partial charge in [-0.25, -0.2) is 0 Å². The molecule has 68 valence electrons. The zero-order valence-corrected chi connectivity index (χ0v) is 8.76. The van der Waals surface area contributed by atoms with E-state index in [1.165, 1.54) is 0 Å². The minimum absolute atomic E-state index is 0.123. The van der Waals surface area contributed by atoms with Gasteiger partial charge in [-0.1, -0.05) is 21.1 Å². The van der Waals surface area contributed by atoms with Crippen LogP contribution in [0.3, 0.4) is 0 Å². The van der Waals surface area contributed by atoms with Crippen molar-refractivity contribution < 1.29 is 10.0 Å². The standard InChI is InChI=1S/C8H12BrNO2/c1-5(9)7(11)8(3-4-8)6(2)10-12/h5,12H,3-4H2,1-2H3. The van der Waals surface area contributed by atoms with E-state index >= 15 is 0 Å². The predicted molar refractivity (Wildman–Crippen MR) is 50.0 cm³/mol. The Balaban J connectivity index is 2.80. The Morgan fingerprint density at radius 2 is 2.17 bits per heavy atom. The Kier molecular flexibility index (Phi) is 2.56. The Morgan fingerprint density at radius 3 is 2.42 bits per heavy atom. The zero-order valence-electron chi connectivity index (χ0n) is 7.17. The minimum atomic E-state index is -0.447. The van der Waals surface area contributed by atoms with Gasteiger partial charge in [-0.3, -0.25) is 4.79 Å². The number of hydrogen-bond acceptors (Lipinski definition) is 3. The zero-order chi connectivity index (χ0) is 9.35. The molecule has 0 aromatic carbocycles. The van der Waals surface area contributed by atoms with Crippen molar-refractivity contribution in [1.29, 1.82) is 0 Å². The number of carbonyl (C=O) groups excluding carboxylic acids is 1. The number of oxime groups is 1. The number of halogens is 1. The summed E-state index contributed by atoms with van der Waals surface area (Å²) in [7, 11) is 0. The largest absolute Gasteiger partial charge is 0.411 e. The molecular weight excluding hydrogens is 222 g/mol. The summed E-state index contributed by atoms with van der Waals surface area (Å²) >= 11 is 3.23. The SMILES string of the molecule is CC(=NO)C1(C(=O)C(C)Br)CC1. The summed E-state index contributed by atoms with van der Waals surface area (Å²) in [6, 6.07) is 0. The molecule has 0 heterocycles. The maximum atomic E-state index is 11.6. The van der Waals surface area contributed by atoms with Crippen molar-refractivity contribution in [2.75, 3.05) is 0 Å². The highest BCUT2D eigenvalue weighted by atomic mass is 79.9. The maximum absolute atomic E-state index is 11.6. The van der Waals surface area contributed by atoms with Crippen LogP contribution in [-0.4, -0.2) is 21.5 Å². The highest BCUT2D eigenvalue weighted by molar-refractivity contribution is 9.10. The van der Waals surface area contributed by atoms with Gasteiger partial charge in [0.1, 0.15) is 0 Å². The monoisotopic (exact) mass is 233 g/mol. The summed E-state index contributed by atoms with van der Waals surface area (Å²) in [6.07, 6.45) is 1.63. The highest BCUT2D eigenvalue weighted by Crippen LogP contribution is 2.49. The molecule has 1 N–H and O–H groups in total. The summed E-state index contributed by atoms with van der Waals surface area (Å²) < 4.78 is 0. The van der Waals surface area contributed by atoms with Crippen LogP contribution in [0.2, 0.25) is 0 Å². The first-order valence-electron chi connectivity index (χ1n) is 3.92. The fraction of sp³-hybridized carbons (Fsp3) is 0.750. The van der Waals surface area contributed by atoms with Crippen molar-refractivity contribution in [2.45, 2.75) is 31.5 Å². The first-order chi connectivity index (χ1) is 5.54. The number of Topliss-reactive ketones (excluding diaryl/α,β-unsaturated/α-hetero) is 1. The molecule has 0 amide bonds. The van der Waals surface area contributed by atoms with Crippen LogP contribution in [0.1, 0.15) is 26.7 Å². The normalized spacial score (nSPS) is 23.4. The molecule has 1 atom stereocenters. The number of rotatable bonds is 3. The van der Waals surface area contributed by atoms with Gasteiger partial charge in [0, 0.05) is 0 Å². The fourth-order valence-corrected chi connectivity index (χ4v) is 1.83. The molecule has 1 aliphatic carbocycles. The van der Waals surface area contributed by atoms with Crippen LogP contribution in [0, 0.1) is 5.41 Å². The summed E-state index contributed by atoms with van der Waals surface area (Å²) in [5, 5.41) is 11.7. The molecule has 0 aromatic heterocycles. The molecule has 12 heavy (non-hydrogen) atoms. The number of hydrogen-bond donors (Lipinski definition) is 1. The van der Waals surface area contributed by atoms with Crippen LogP contribution in [0.4, 0.5) is 0 Å². The highest BCUT2D eigenvalue weighted by Gasteiger charge is 2.53. The topological polar surface area (TPSA) is 49.7 Å². The van der Waals surface area contributed by atoms with E-state index < -0.39 is 5.41 Å². The van der Waals surface area contributed by atoms with Gasteiger partial charge in [0.2, 0.25) is 0 Å². The Labute approximate surface area is 80.0 Å². The molecule has 1 unspecified atom stereocenters. The molecule has 0 bridgehead atoms. The van der Waals surface area contributed by atoms with Crippen molar-refractivity contribution in [3.05, 3.63) is 0 Å². The smallest absolute Gasteiger partial charge is 0.158 e. The molecule has 4 heteroatoms. The van der Waals surface area contributed by atoms with Crippen molar-refractivity contribution in [3.63, 3.8) is 0 Å². The van der Waals surface area contributed by atoms with Gasteiger partial charge in [-0.2, -0.15) is 0 Å². The van der Waals surface area contributed by atoms with Crippen LogP contribution < -0.4 is 0 Å². The second kappa shape index (κ2) is 3.17. The quantitative estimate of drug-likeness (QED) is 0.351. The maximum Gasteiger partial charge on any atom is 0.158 e. The summed E-state index contributed by atoms with van der Waals surface area (Å²) in [5.74, 6) is 0.123.